The number of nitrogens with one attached hydrogen (secondary N) is 2. The summed E-state index contributed by atoms with van der Waals surface area (Å²) in [5.41, 5.74) is -1.26. The normalized spacial score (nSPS) is 11.2. The smallest absolute Gasteiger partial charge is 0.418 e. The third-order valence-electron chi connectivity index (χ3n) is 3.53. The zero-order valence-electron chi connectivity index (χ0n) is 13.7. The molecule has 140 valence electrons. The molecule has 2 amide bonds. The number of benzene rings is 1. The molecule has 0 aliphatic rings. The molecular weight excluding hydrogens is 381 g/mol. The topological polar surface area (TPSA) is 71.3 Å². The van der Waals surface area contributed by atoms with Crippen molar-refractivity contribution in [1.29, 1.82) is 0 Å². The van der Waals surface area contributed by atoms with E-state index in [2.05, 4.69) is 10.6 Å². The summed E-state index contributed by atoms with van der Waals surface area (Å²) in [7, 11) is 0. The third kappa shape index (κ3) is 4.56. The van der Waals surface area contributed by atoms with Gasteiger partial charge in [0, 0.05) is 4.88 Å². The van der Waals surface area contributed by atoms with Crippen LogP contribution in [0, 0.1) is 0 Å². The van der Waals surface area contributed by atoms with Gasteiger partial charge in [-0.15, -0.1) is 11.3 Å². The monoisotopic (exact) mass is 394 g/mol. The lowest BCUT2D eigenvalue weighted by atomic mass is 10.1. The van der Waals surface area contributed by atoms with E-state index in [-0.39, 0.29) is 23.8 Å². The quantitative estimate of drug-likeness (QED) is 0.604. The molecule has 0 aliphatic heterocycles. The van der Waals surface area contributed by atoms with Crippen molar-refractivity contribution in [2.75, 3.05) is 5.32 Å². The van der Waals surface area contributed by atoms with E-state index in [1.807, 2.05) is 0 Å². The van der Waals surface area contributed by atoms with Crippen LogP contribution in [0.5, 0.6) is 0 Å². The maximum absolute atomic E-state index is 12.9. The van der Waals surface area contributed by atoms with Crippen molar-refractivity contribution in [3.8, 4) is 0 Å². The van der Waals surface area contributed by atoms with Crippen molar-refractivity contribution in [2.45, 2.75) is 12.7 Å². The molecule has 2 N–H and O–H groups in total. The first-order chi connectivity index (χ1) is 12.8. The van der Waals surface area contributed by atoms with Gasteiger partial charge in [-0.1, -0.05) is 12.1 Å². The maximum atomic E-state index is 12.9. The number of carbonyl (C=O) groups excluding carboxylic acids is 2. The summed E-state index contributed by atoms with van der Waals surface area (Å²) in [5, 5.41) is 4.66. The number of hydrogen-bond acceptors (Lipinski definition) is 4. The molecular formula is C18H13F3N2O3S. The second-order valence-electron chi connectivity index (χ2n) is 5.42. The first-order valence-electron chi connectivity index (χ1n) is 7.72. The lowest BCUT2D eigenvalue weighted by molar-refractivity contribution is -0.136. The van der Waals surface area contributed by atoms with Crippen LogP contribution in [-0.4, -0.2) is 11.8 Å². The van der Waals surface area contributed by atoms with Crippen LogP contribution >= 0.6 is 11.3 Å². The van der Waals surface area contributed by atoms with Crippen LogP contribution in [0.3, 0.4) is 0 Å². The highest BCUT2D eigenvalue weighted by atomic mass is 32.1. The number of furan rings is 1. The van der Waals surface area contributed by atoms with Gasteiger partial charge in [-0.2, -0.15) is 13.2 Å². The van der Waals surface area contributed by atoms with Crippen LogP contribution < -0.4 is 10.6 Å². The fourth-order valence-electron chi connectivity index (χ4n) is 2.30. The standard InChI is InChI=1S/C18H13F3N2O3S/c19-18(20,21)12-4-1-2-5-13(12)23-17(25)22-10-11-7-8-15(27-11)16(24)14-6-3-9-26-14/h1-9H,10H2,(H2,22,23,25). The Balaban J connectivity index is 1.60. The zero-order valence-corrected chi connectivity index (χ0v) is 14.5. The largest absolute Gasteiger partial charge is 0.461 e. The number of rotatable bonds is 5. The summed E-state index contributed by atoms with van der Waals surface area (Å²) < 4.78 is 43.9. The Morgan fingerprint density at radius 1 is 1.04 bits per heavy atom. The lowest BCUT2D eigenvalue weighted by Crippen LogP contribution is -2.28. The Bertz CT molecular complexity index is 949. The van der Waals surface area contributed by atoms with Gasteiger partial charge in [0.15, 0.2) is 5.76 Å². The fourth-order valence-corrected chi connectivity index (χ4v) is 3.19. The van der Waals surface area contributed by atoms with Crippen molar-refractivity contribution in [3.05, 3.63) is 75.9 Å². The van der Waals surface area contributed by atoms with E-state index >= 15 is 0 Å². The number of urea groups is 1. The zero-order chi connectivity index (χ0) is 19.4. The molecule has 0 unspecified atom stereocenters. The van der Waals surface area contributed by atoms with Crippen LogP contribution in [0.25, 0.3) is 0 Å². The summed E-state index contributed by atoms with van der Waals surface area (Å²) in [4.78, 5) is 25.2. The first-order valence-corrected chi connectivity index (χ1v) is 8.54. The van der Waals surface area contributed by atoms with Crippen LogP contribution in [-0.2, 0) is 12.7 Å². The Labute approximate surface area is 155 Å². The molecule has 3 aromatic rings. The third-order valence-corrected chi connectivity index (χ3v) is 4.62. The molecule has 0 aliphatic carbocycles. The summed E-state index contributed by atoms with van der Waals surface area (Å²) in [6.07, 6.45) is -3.18. The van der Waals surface area contributed by atoms with E-state index < -0.39 is 17.8 Å². The van der Waals surface area contributed by atoms with Crippen molar-refractivity contribution in [3.63, 3.8) is 0 Å². The van der Waals surface area contributed by atoms with Crippen LogP contribution in [0.4, 0.5) is 23.7 Å². The molecule has 1 aromatic carbocycles. The summed E-state index contributed by atoms with van der Waals surface area (Å²) in [6, 6.07) is 10.3. The number of anilines is 1. The van der Waals surface area contributed by atoms with Gasteiger partial charge in [0.1, 0.15) is 0 Å². The second kappa shape index (κ2) is 7.67. The number of amides is 2. The number of alkyl halides is 3. The molecule has 0 saturated carbocycles. The van der Waals surface area contributed by atoms with Crippen LogP contribution in [0.2, 0.25) is 0 Å². The Morgan fingerprint density at radius 3 is 2.52 bits per heavy atom. The van der Waals surface area contributed by atoms with Crippen LogP contribution in [0.1, 0.15) is 25.9 Å². The van der Waals surface area contributed by atoms with Gasteiger partial charge in [-0.05, 0) is 36.4 Å². The molecule has 2 heterocycles. The number of thiophene rings is 1. The summed E-state index contributed by atoms with van der Waals surface area (Å²) in [6.45, 7) is 0.0656. The van der Waals surface area contributed by atoms with E-state index in [4.69, 9.17) is 4.42 Å². The molecule has 0 fully saturated rings. The van der Waals surface area contributed by atoms with Gasteiger partial charge in [0.25, 0.3) is 0 Å². The SMILES string of the molecule is O=C(NCc1ccc(C(=O)c2ccco2)s1)Nc1ccccc1C(F)(F)F. The second-order valence-corrected chi connectivity index (χ2v) is 6.59. The maximum Gasteiger partial charge on any atom is 0.418 e. The molecule has 9 heteroatoms. The van der Waals surface area contributed by atoms with Gasteiger partial charge >= 0.3 is 12.2 Å². The van der Waals surface area contributed by atoms with E-state index in [1.165, 1.54) is 24.5 Å². The molecule has 0 atom stereocenters. The number of carbonyl (C=O) groups is 2. The van der Waals surface area contributed by atoms with Crippen molar-refractivity contribution < 1.29 is 27.2 Å². The molecule has 5 nitrogen and oxygen atoms in total. The number of para-hydroxylation sites is 1. The first kappa shape index (κ1) is 18.7. The highest BCUT2D eigenvalue weighted by Gasteiger charge is 2.33. The van der Waals surface area contributed by atoms with Gasteiger partial charge < -0.3 is 15.1 Å². The van der Waals surface area contributed by atoms with E-state index in [1.54, 1.807) is 24.3 Å². The number of ketones is 1. The van der Waals surface area contributed by atoms with Crippen LogP contribution in [0.15, 0.2) is 59.2 Å². The predicted octanol–water partition coefficient (Wildman–Crippen LogP) is 4.91. The highest BCUT2D eigenvalue weighted by molar-refractivity contribution is 7.14. The number of hydrogen-bond donors (Lipinski definition) is 2. The molecule has 0 saturated heterocycles. The van der Waals surface area contributed by atoms with Gasteiger partial charge in [-0.3, -0.25) is 4.79 Å². The van der Waals surface area contributed by atoms with Crippen molar-refractivity contribution in [1.82, 2.24) is 5.32 Å². The lowest BCUT2D eigenvalue weighted by Gasteiger charge is -2.13. The molecule has 27 heavy (non-hydrogen) atoms. The van der Waals surface area contributed by atoms with Gasteiger partial charge in [0.05, 0.1) is 28.9 Å². The molecule has 2 aromatic heterocycles. The van der Waals surface area contributed by atoms with Crippen molar-refractivity contribution in [2.24, 2.45) is 0 Å². The highest BCUT2D eigenvalue weighted by Crippen LogP contribution is 2.34. The average Bonchev–Trinajstić information content (AvgIpc) is 3.31. The van der Waals surface area contributed by atoms with E-state index in [9.17, 15) is 22.8 Å². The minimum absolute atomic E-state index is 0.0656. The summed E-state index contributed by atoms with van der Waals surface area (Å²) in [5.74, 6) is -0.0716. The van der Waals surface area contributed by atoms with Gasteiger partial charge in [0.2, 0.25) is 5.78 Å². The minimum atomic E-state index is -4.57. The summed E-state index contributed by atoms with van der Waals surface area (Å²) >= 11 is 1.16. The molecule has 0 radical (unpaired) electrons. The average molecular weight is 394 g/mol. The minimum Gasteiger partial charge on any atom is -0.461 e. The fraction of sp³-hybridized carbons (Fsp3) is 0.111. The molecule has 0 spiro atoms. The van der Waals surface area contributed by atoms with Gasteiger partial charge in [-0.25, -0.2) is 4.79 Å². The number of halogens is 3. The Morgan fingerprint density at radius 2 is 1.81 bits per heavy atom. The van der Waals surface area contributed by atoms with E-state index in [0.717, 1.165) is 17.4 Å². The van der Waals surface area contributed by atoms with E-state index in [0.29, 0.717) is 9.75 Å². The Hall–Kier alpha value is -3.07. The molecule has 3 rings (SSSR count). The van der Waals surface area contributed by atoms with Crippen molar-refractivity contribution >= 4 is 28.8 Å². The Kier molecular flexibility index (Phi) is 5.31. The predicted molar refractivity (Wildman–Crippen MR) is 93.8 cm³/mol. The molecule has 0 bridgehead atoms.